The summed E-state index contributed by atoms with van der Waals surface area (Å²) in [5, 5.41) is 0. The summed E-state index contributed by atoms with van der Waals surface area (Å²) in [6.07, 6.45) is 2.97. The van der Waals surface area contributed by atoms with Crippen LogP contribution in [0, 0.1) is 0 Å². The minimum atomic E-state index is -0.0367. The van der Waals surface area contributed by atoms with Crippen molar-refractivity contribution in [1.82, 2.24) is 9.80 Å². The number of carbonyl (C=O) groups excluding carboxylic acids is 1. The highest BCUT2D eigenvalue weighted by Crippen LogP contribution is 2.19. The number of hydrogen-bond donors (Lipinski definition) is 1. The maximum Gasteiger partial charge on any atom is 0.224 e. The minimum absolute atomic E-state index is 0. The van der Waals surface area contributed by atoms with E-state index in [1.807, 2.05) is 11.8 Å². The van der Waals surface area contributed by atoms with Crippen LogP contribution in [0.5, 0.6) is 0 Å². The zero-order chi connectivity index (χ0) is 13.8. The molecular weight excluding hydrogens is 313 g/mol. The lowest BCUT2D eigenvalue weighted by molar-refractivity contribution is -0.133. The van der Waals surface area contributed by atoms with Gasteiger partial charge in [0, 0.05) is 44.7 Å². The summed E-state index contributed by atoms with van der Waals surface area (Å²) in [5.74, 6) is 0.212. The fraction of sp³-hybridized carbons (Fsp3) is 0.929. The molecule has 0 bridgehead atoms. The summed E-state index contributed by atoms with van der Waals surface area (Å²) in [6.45, 7) is 8.67. The first kappa shape index (κ1) is 20.9. The SMILES string of the molecule is CC(N)CC(=O)N1CCC(N2CCOC(C)C2)CC1.Cl.Cl. The highest BCUT2D eigenvalue weighted by Gasteiger charge is 2.29. The van der Waals surface area contributed by atoms with Gasteiger partial charge in [-0.1, -0.05) is 0 Å². The van der Waals surface area contributed by atoms with Crippen molar-refractivity contribution in [1.29, 1.82) is 0 Å². The predicted octanol–water partition coefficient (Wildman–Crippen LogP) is 1.28. The minimum Gasteiger partial charge on any atom is -0.376 e. The molecule has 1 amide bonds. The number of nitrogens with zero attached hydrogens (tertiary/aromatic N) is 2. The van der Waals surface area contributed by atoms with Gasteiger partial charge in [0.15, 0.2) is 0 Å². The van der Waals surface area contributed by atoms with E-state index in [0.29, 0.717) is 18.6 Å². The molecule has 2 atom stereocenters. The van der Waals surface area contributed by atoms with Crippen molar-refractivity contribution in [3.05, 3.63) is 0 Å². The molecular formula is C14H29Cl2N3O2. The highest BCUT2D eigenvalue weighted by atomic mass is 35.5. The van der Waals surface area contributed by atoms with E-state index in [9.17, 15) is 4.79 Å². The molecule has 0 aliphatic carbocycles. The van der Waals surface area contributed by atoms with Crippen LogP contribution in [0.2, 0.25) is 0 Å². The van der Waals surface area contributed by atoms with E-state index in [1.54, 1.807) is 0 Å². The number of morpholine rings is 1. The molecule has 0 radical (unpaired) electrons. The van der Waals surface area contributed by atoms with Crippen LogP contribution >= 0.6 is 24.8 Å². The molecule has 126 valence electrons. The Kier molecular flexibility index (Phi) is 9.81. The predicted molar refractivity (Wildman–Crippen MR) is 89.4 cm³/mol. The van der Waals surface area contributed by atoms with Gasteiger partial charge >= 0.3 is 0 Å². The van der Waals surface area contributed by atoms with Crippen LogP contribution in [0.1, 0.15) is 33.1 Å². The number of carbonyl (C=O) groups is 1. The van der Waals surface area contributed by atoms with Gasteiger partial charge in [0.25, 0.3) is 0 Å². The summed E-state index contributed by atoms with van der Waals surface area (Å²) in [4.78, 5) is 16.5. The smallest absolute Gasteiger partial charge is 0.224 e. The van der Waals surface area contributed by atoms with Crippen molar-refractivity contribution in [3.8, 4) is 0 Å². The van der Waals surface area contributed by atoms with E-state index in [2.05, 4.69) is 11.8 Å². The van der Waals surface area contributed by atoms with Crippen LogP contribution < -0.4 is 5.73 Å². The normalized spacial score (nSPS) is 25.7. The van der Waals surface area contributed by atoms with Crippen molar-refractivity contribution in [2.45, 2.75) is 51.3 Å². The maximum atomic E-state index is 12.0. The van der Waals surface area contributed by atoms with Gasteiger partial charge < -0.3 is 15.4 Å². The lowest BCUT2D eigenvalue weighted by Crippen LogP contribution is -2.52. The monoisotopic (exact) mass is 341 g/mol. The van der Waals surface area contributed by atoms with Crippen LogP contribution in [0.25, 0.3) is 0 Å². The summed E-state index contributed by atoms with van der Waals surface area (Å²) in [6, 6.07) is 0.580. The first-order chi connectivity index (χ1) is 9.06. The number of halogens is 2. The fourth-order valence-corrected chi connectivity index (χ4v) is 3.06. The molecule has 2 saturated heterocycles. The number of nitrogens with two attached hydrogens (primary N) is 1. The molecule has 0 saturated carbocycles. The van der Waals surface area contributed by atoms with Crippen molar-refractivity contribution in [3.63, 3.8) is 0 Å². The zero-order valence-electron chi connectivity index (χ0n) is 13.0. The Labute approximate surface area is 140 Å². The van der Waals surface area contributed by atoms with E-state index < -0.39 is 0 Å². The molecule has 0 aromatic heterocycles. The lowest BCUT2D eigenvalue weighted by atomic mass is 10.0. The van der Waals surface area contributed by atoms with Gasteiger partial charge in [0.1, 0.15) is 0 Å². The average molecular weight is 342 g/mol. The van der Waals surface area contributed by atoms with Crippen molar-refractivity contribution < 1.29 is 9.53 Å². The second kappa shape index (κ2) is 9.85. The number of piperidine rings is 1. The van der Waals surface area contributed by atoms with Crippen LogP contribution in [-0.4, -0.2) is 66.7 Å². The Hall–Kier alpha value is -0.0700. The molecule has 2 unspecified atom stereocenters. The average Bonchev–Trinajstić information content (AvgIpc) is 2.38. The van der Waals surface area contributed by atoms with E-state index in [-0.39, 0.29) is 36.8 Å². The van der Waals surface area contributed by atoms with Crippen molar-refractivity contribution >= 4 is 30.7 Å². The molecule has 2 aliphatic heterocycles. The lowest BCUT2D eigenvalue weighted by Gasteiger charge is -2.41. The summed E-state index contributed by atoms with van der Waals surface area (Å²) in [5.41, 5.74) is 5.69. The number of likely N-dealkylation sites (tertiary alicyclic amines) is 1. The van der Waals surface area contributed by atoms with E-state index >= 15 is 0 Å². The van der Waals surface area contributed by atoms with Gasteiger partial charge in [-0.15, -0.1) is 24.8 Å². The Morgan fingerprint density at radius 2 is 1.90 bits per heavy atom. The molecule has 0 aromatic rings. The third-order valence-electron chi connectivity index (χ3n) is 4.10. The summed E-state index contributed by atoms with van der Waals surface area (Å²) >= 11 is 0. The number of ether oxygens (including phenoxy) is 1. The van der Waals surface area contributed by atoms with Crippen LogP contribution in [0.4, 0.5) is 0 Å². The Balaban J connectivity index is 0.00000200. The summed E-state index contributed by atoms with van der Waals surface area (Å²) < 4.78 is 5.58. The number of amides is 1. The summed E-state index contributed by atoms with van der Waals surface area (Å²) in [7, 11) is 0. The van der Waals surface area contributed by atoms with E-state index in [4.69, 9.17) is 10.5 Å². The van der Waals surface area contributed by atoms with Crippen molar-refractivity contribution in [2.24, 2.45) is 5.73 Å². The second-order valence-corrected chi connectivity index (χ2v) is 5.97. The third-order valence-corrected chi connectivity index (χ3v) is 4.10. The molecule has 2 N–H and O–H groups in total. The molecule has 21 heavy (non-hydrogen) atoms. The molecule has 0 spiro atoms. The number of hydrogen-bond acceptors (Lipinski definition) is 4. The van der Waals surface area contributed by atoms with Crippen LogP contribution in [-0.2, 0) is 9.53 Å². The third kappa shape index (κ3) is 6.28. The van der Waals surface area contributed by atoms with Crippen LogP contribution in [0.3, 0.4) is 0 Å². The topological polar surface area (TPSA) is 58.8 Å². The standard InChI is InChI=1S/C14H27N3O2.2ClH/c1-11(15)9-14(18)16-5-3-13(4-6-16)17-7-8-19-12(2)10-17;;/h11-13H,3-10,15H2,1-2H3;2*1H. The first-order valence-corrected chi connectivity index (χ1v) is 7.45. The Bertz CT molecular complexity index is 311. The molecule has 2 rings (SSSR count). The first-order valence-electron chi connectivity index (χ1n) is 7.45. The quantitative estimate of drug-likeness (QED) is 0.839. The fourth-order valence-electron chi connectivity index (χ4n) is 3.06. The van der Waals surface area contributed by atoms with Gasteiger partial charge in [0.05, 0.1) is 12.7 Å². The van der Waals surface area contributed by atoms with E-state index in [0.717, 1.165) is 45.6 Å². The highest BCUT2D eigenvalue weighted by molar-refractivity contribution is 5.85. The van der Waals surface area contributed by atoms with Crippen LogP contribution in [0.15, 0.2) is 0 Å². The molecule has 2 aliphatic rings. The molecule has 2 fully saturated rings. The van der Waals surface area contributed by atoms with Gasteiger partial charge in [-0.25, -0.2) is 0 Å². The zero-order valence-corrected chi connectivity index (χ0v) is 14.6. The maximum absolute atomic E-state index is 12.0. The Morgan fingerprint density at radius 3 is 2.43 bits per heavy atom. The second-order valence-electron chi connectivity index (χ2n) is 5.97. The Morgan fingerprint density at radius 1 is 1.29 bits per heavy atom. The van der Waals surface area contributed by atoms with Crippen molar-refractivity contribution in [2.75, 3.05) is 32.8 Å². The van der Waals surface area contributed by atoms with Gasteiger partial charge in [-0.05, 0) is 26.7 Å². The molecule has 5 nitrogen and oxygen atoms in total. The van der Waals surface area contributed by atoms with Gasteiger partial charge in [-0.3, -0.25) is 9.69 Å². The van der Waals surface area contributed by atoms with Gasteiger partial charge in [0.2, 0.25) is 5.91 Å². The molecule has 0 aromatic carbocycles. The molecule has 7 heteroatoms. The largest absolute Gasteiger partial charge is 0.376 e. The molecule has 2 heterocycles. The number of rotatable bonds is 3. The van der Waals surface area contributed by atoms with E-state index in [1.165, 1.54) is 0 Å². The van der Waals surface area contributed by atoms with Gasteiger partial charge in [-0.2, -0.15) is 0 Å².